The van der Waals surface area contributed by atoms with E-state index in [1.165, 1.54) is 9.80 Å². The van der Waals surface area contributed by atoms with E-state index in [0.29, 0.717) is 23.6 Å². The minimum atomic E-state index is -0.211. The SMILES string of the molecule is CNC(=O)C[NH+]1CC[NH+]([C@H](C)C(=O)Nc2cc3oc4ccccc4c3cc2OC)CC1. The number of carbonyl (C=O) groups excluding carboxylic acids is 2. The van der Waals surface area contributed by atoms with E-state index in [0.717, 1.165) is 42.5 Å². The predicted octanol–water partition coefficient (Wildman–Crippen LogP) is -0.549. The molecule has 0 aliphatic carbocycles. The Bertz CT molecular complexity index is 1100. The fourth-order valence-corrected chi connectivity index (χ4v) is 4.29. The van der Waals surface area contributed by atoms with Gasteiger partial charge in [-0.05, 0) is 19.1 Å². The zero-order chi connectivity index (χ0) is 22.0. The molecule has 1 aliphatic heterocycles. The Morgan fingerprint density at radius 3 is 2.55 bits per heavy atom. The van der Waals surface area contributed by atoms with Crippen LogP contribution in [0.1, 0.15) is 6.92 Å². The molecule has 2 amide bonds. The molecule has 164 valence electrons. The number of ether oxygens (including phenoxy) is 1. The molecular weight excluding hydrogens is 396 g/mol. The number of likely N-dealkylation sites (N-methyl/N-ethyl adjacent to an activating group) is 1. The summed E-state index contributed by atoms with van der Waals surface area (Å²) in [6.07, 6.45) is 0. The second kappa shape index (κ2) is 8.95. The van der Waals surface area contributed by atoms with Crippen molar-refractivity contribution in [3.8, 4) is 5.75 Å². The van der Waals surface area contributed by atoms with Crippen LogP contribution >= 0.6 is 0 Å². The van der Waals surface area contributed by atoms with Crippen LogP contribution in [0.4, 0.5) is 5.69 Å². The summed E-state index contributed by atoms with van der Waals surface area (Å²) in [4.78, 5) is 27.1. The summed E-state index contributed by atoms with van der Waals surface area (Å²) in [7, 11) is 3.26. The highest BCUT2D eigenvalue weighted by Gasteiger charge is 2.32. The zero-order valence-electron chi connectivity index (χ0n) is 18.2. The van der Waals surface area contributed by atoms with Crippen molar-refractivity contribution in [1.82, 2.24) is 5.32 Å². The van der Waals surface area contributed by atoms with Gasteiger partial charge in [-0.3, -0.25) is 9.59 Å². The highest BCUT2D eigenvalue weighted by molar-refractivity contribution is 6.08. The standard InChI is InChI=1S/C23H28N4O4/c1-15(27-10-8-26(9-11-27)14-22(28)24-2)23(29)25-18-13-20-17(12-21(18)30-3)16-6-4-5-7-19(16)31-20/h4-7,12-13,15H,8-11,14H2,1-3H3,(H,24,28)(H,25,29)/p+2/t15-/m1/s1. The van der Waals surface area contributed by atoms with Crippen molar-refractivity contribution in [2.24, 2.45) is 0 Å². The van der Waals surface area contributed by atoms with Gasteiger partial charge in [-0.25, -0.2) is 0 Å². The maximum absolute atomic E-state index is 13.0. The first-order valence-corrected chi connectivity index (χ1v) is 10.7. The van der Waals surface area contributed by atoms with E-state index in [4.69, 9.17) is 9.15 Å². The van der Waals surface area contributed by atoms with Crippen molar-refractivity contribution in [3.05, 3.63) is 36.4 Å². The van der Waals surface area contributed by atoms with E-state index in [1.54, 1.807) is 14.2 Å². The van der Waals surface area contributed by atoms with Crippen molar-refractivity contribution in [1.29, 1.82) is 0 Å². The van der Waals surface area contributed by atoms with Crippen LogP contribution in [0.5, 0.6) is 5.75 Å². The molecule has 1 saturated heterocycles. The van der Waals surface area contributed by atoms with Gasteiger partial charge >= 0.3 is 0 Å². The zero-order valence-corrected chi connectivity index (χ0v) is 18.2. The van der Waals surface area contributed by atoms with Gasteiger partial charge in [0.25, 0.3) is 11.8 Å². The molecule has 0 spiro atoms. The summed E-state index contributed by atoms with van der Waals surface area (Å²) >= 11 is 0. The third-order valence-corrected chi connectivity index (χ3v) is 6.25. The minimum absolute atomic E-state index is 0.0531. The molecule has 0 bridgehead atoms. The minimum Gasteiger partial charge on any atom is -0.495 e. The summed E-state index contributed by atoms with van der Waals surface area (Å²) in [5, 5.41) is 7.68. The third kappa shape index (κ3) is 4.35. The molecule has 31 heavy (non-hydrogen) atoms. The van der Waals surface area contributed by atoms with Crippen LogP contribution in [0.25, 0.3) is 21.9 Å². The van der Waals surface area contributed by atoms with Crippen LogP contribution in [0, 0.1) is 0 Å². The number of methoxy groups -OCH3 is 1. The van der Waals surface area contributed by atoms with Crippen molar-refractivity contribution in [2.75, 3.05) is 52.2 Å². The molecule has 4 N–H and O–H groups in total. The number of rotatable bonds is 6. The van der Waals surface area contributed by atoms with Gasteiger partial charge in [-0.2, -0.15) is 0 Å². The number of furan rings is 1. The lowest BCUT2D eigenvalue weighted by molar-refractivity contribution is -1.01. The Balaban J connectivity index is 1.46. The lowest BCUT2D eigenvalue weighted by Crippen LogP contribution is -3.30. The summed E-state index contributed by atoms with van der Waals surface area (Å²) < 4.78 is 11.5. The number of amides is 2. The molecule has 0 radical (unpaired) electrons. The van der Waals surface area contributed by atoms with E-state index in [-0.39, 0.29) is 17.9 Å². The average Bonchev–Trinajstić information content (AvgIpc) is 3.15. The molecular formula is C23H30N4O4+2. The molecule has 4 rings (SSSR count). The van der Waals surface area contributed by atoms with Gasteiger partial charge in [0.05, 0.1) is 12.8 Å². The molecule has 0 saturated carbocycles. The third-order valence-electron chi connectivity index (χ3n) is 6.25. The van der Waals surface area contributed by atoms with Gasteiger partial charge in [-0.1, -0.05) is 18.2 Å². The van der Waals surface area contributed by atoms with Crippen LogP contribution in [0.2, 0.25) is 0 Å². The summed E-state index contributed by atoms with van der Waals surface area (Å²) in [6.45, 7) is 5.87. The van der Waals surface area contributed by atoms with Crippen molar-refractivity contribution in [2.45, 2.75) is 13.0 Å². The topological polar surface area (TPSA) is 89.5 Å². The van der Waals surface area contributed by atoms with Crippen LogP contribution < -0.4 is 25.2 Å². The van der Waals surface area contributed by atoms with E-state index in [1.807, 2.05) is 43.3 Å². The number of fused-ring (bicyclic) bond motifs is 3. The van der Waals surface area contributed by atoms with Gasteiger partial charge in [0, 0.05) is 23.9 Å². The van der Waals surface area contributed by atoms with Gasteiger partial charge in [0.1, 0.15) is 43.1 Å². The number of para-hydroxylation sites is 1. The normalized spacial score (nSPS) is 19.8. The Labute approximate surface area is 181 Å². The monoisotopic (exact) mass is 426 g/mol. The maximum atomic E-state index is 13.0. The van der Waals surface area contributed by atoms with E-state index < -0.39 is 0 Å². The van der Waals surface area contributed by atoms with Crippen molar-refractivity contribution in [3.63, 3.8) is 0 Å². The Kier molecular flexibility index (Phi) is 6.11. The second-order valence-electron chi connectivity index (χ2n) is 8.12. The molecule has 2 heterocycles. The van der Waals surface area contributed by atoms with Gasteiger partial charge in [0.15, 0.2) is 12.6 Å². The van der Waals surface area contributed by atoms with Gasteiger partial charge in [0.2, 0.25) is 0 Å². The number of carbonyl (C=O) groups is 2. The van der Waals surface area contributed by atoms with Crippen molar-refractivity contribution < 1.29 is 28.5 Å². The summed E-state index contributed by atoms with van der Waals surface area (Å²) in [5.74, 6) is 0.602. The quantitative estimate of drug-likeness (QED) is 0.426. The fourth-order valence-electron chi connectivity index (χ4n) is 4.29. The van der Waals surface area contributed by atoms with Gasteiger partial charge in [-0.15, -0.1) is 0 Å². The smallest absolute Gasteiger partial charge is 0.282 e. The summed E-state index contributed by atoms with van der Waals surface area (Å²) in [5.41, 5.74) is 2.12. The first-order chi connectivity index (χ1) is 15.0. The van der Waals surface area contributed by atoms with E-state index in [9.17, 15) is 9.59 Å². The fraction of sp³-hybridized carbons (Fsp3) is 0.391. The Morgan fingerprint density at radius 1 is 1.10 bits per heavy atom. The molecule has 8 heteroatoms. The lowest BCUT2D eigenvalue weighted by Gasteiger charge is -2.32. The first-order valence-electron chi connectivity index (χ1n) is 10.7. The number of nitrogens with one attached hydrogen (secondary N) is 4. The molecule has 1 fully saturated rings. The number of benzene rings is 2. The maximum Gasteiger partial charge on any atom is 0.282 e. The molecule has 1 aliphatic rings. The highest BCUT2D eigenvalue weighted by atomic mass is 16.5. The molecule has 1 atom stereocenters. The Hall–Kier alpha value is -3.10. The average molecular weight is 427 g/mol. The molecule has 1 aromatic heterocycles. The van der Waals surface area contributed by atoms with Crippen LogP contribution in [-0.2, 0) is 9.59 Å². The number of anilines is 1. The number of hydrogen-bond acceptors (Lipinski definition) is 4. The number of piperazine rings is 1. The molecule has 0 unspecified atom stereocenters. The summed E-state index contributed by atoms with van der Waals surface area (Å²) in [6, 6.07) is 11.4. The van der Waals surface area contributed by atoms with Crippen LogP contribution in [-0.4, -0.2) is 64.7 Å². The highest BCUT2D eigenvalue weighted by Crippen LogP contribution is 2.36. The molecule has 2 aromatic carbocycles. The van der Waals surface area contributed by atoms with Crippen LogP contribution in [0.15, 0.2) is 40.8 Å². The molecule has 8 nitrogen and oxygen atoms in total. The van der Waals surface area contributed by atoms with E-state index in [2.05, 4.69) is 10.6 Å². The van der Waals surface area contributed by atoms with Crippen molar-refractivity contribution >= 4 is 39.4 Å². The largest absolute Gasteiger partial charge is 0.495 e. The lowest BCUT2D eigenvalue weighted by atomic mass is 10.1. The Morgan fingerprint density at radius 2 is 1.84 bits per heavy atom. The molecule has 3 aromatic rings. The number of hydrogen-bond donors (Lipinski definition) is 4. The van der Waals surface area contributed by atoms with Gasteiger partial charge < -0.3 is 29.6 Å². The van der Waals surface area contributed by atoms with E-state index >= 15 is 0 Å². The predicted molar refractivity (Wildman–Crippen MR) is 119 cm³/mol. The van der Waals surface area contributed by atoms with Crippen LogP contribution in [0.3, 0.4) is 0 Å². The number of quaternary nitrogens is 2. The second-order valence-corrected chi connectivity index (χ2v) is 8.12. The first kappa shape index (κ1) is 21.1.